The first kappa shape index (κ1) is 20.4. The molecule has 0 aromatic heterocycles. The lowest BCUT2D eigenvalue weighted by Gasteiger charge is -2.34. The Hall–Kier alpha value is -3.53. The molecule has 1 aliphatic heterocycles. The molecule has 32 heavy (non-hydrogen) atoms. The molecule has 1 aliphatic carbocycles. The van der Waals surface area contributed by atoms with Crippen LogP contribution in [0.25, 0.3) is 0 Å². The van der Waals surface area contributed by atoms with Gasteiger partial charge in [-0.15, -0.1) is 0 Å². The Bertz CT molecular complexity index is 1180. The van der Waals surface area contributed by atoms with Crippen LogP contribution in [0, 0.1) is 5.41 Å². The molecule has 0 bridgehead atoms. The van der Waals surface area contributed by atoms with Gasteiger partial charge in [0.2, 0.25) is 0 Å². The minimum Gasteiger partial charge on any atom is -0.489 e. The van der Waals surface area contributed by atoms with Crippen molar-refractivity contribution in [1.29, 1.82) is 0 Å². The number of rotatable bonds is 4. The zero-order valence-corrected chi connectivity index (χ0v) is 18.5. The van der Waals surface area contributed by atoms with E-state index >= 15 is 0 Å². The topological polar surface area (TPSA) is 50.4 Å². The molecule has 0 saturated carbocycles. The number of ketones is 1. The zero-order valence-electron chi connectivity index (χ0n) is 18.5. The van der Waals surface area contributed by atoms with Crippen molar-refractivity contribution in [3.8, 4) is 5.75 Å². The summed E-state index contributed by atoms with van der Waals surface area (Å²) < 4.78 is 6.27. The molecular weight excluding hydrogens is 396 g/mol. The lowest BCUT2D eigenvalue weighted by molar-refractivity contribution is -0.118. The summed E-state index contributed by atoms with van der Waals surface area (Å²) in [5.41, 5.74) is 5.81. The van der Waals surface area contributed by atoms with Gasteiger partial charge in [0.25, 0.3) is 0 Å². The van der Waals surface area contributed by atoms with Crippen LogP contribution in [-0.4, -0.2) is 5.78 Å². The van der Waals surface area contributed by atoms with Crippen molar-refractivity contribution >= 4 is 17.2 Å². The van der Waals surface area contributed by atoms with Gasteiger partial charge in [0.15, 0.2) is 5.78 Å². The van der Waals surface area contributed by atoms with Gasteiger partial charge < -0.3 is 15.4 Å². The molecule has 2 N–H and O–H groups in total. The summed E-state index contributed by atoms with van der Waals surface area (Å²) in [6.45, 7) is 4.80. The summed E-state index contributed by atoms with van der Waals surface area (Å²) in [5.74, 6) is 0.977. The van der Waals surface area contributed by atoms with Gasteiger partial charge in [-0.3, -0.25) is 4.79 Å². The van der Waals surface area contributed by atoms with Gasteiger partial charge in [-0.1, -0.05) is 74.5 Å². The molecule has 0 amide bonds. The average Bonchev–Trinajstić information content (AvgIpc) is 2.94. The lowest BCUT2D eigenvalue weighted by Crippen LogP contribution is -2.31. The number of benzene rings is 3. The van der Waals surface area contributed by atoms with E-state index in [1.165, 1.54) is 0 Å². The van der Waals surface area contributed by atoms with Crippen LogP contribution >= 0.6 is 0 Å². The summed E-state index contributed by atoms with van der Waals surface area (Å²) in [6.07, 6.45) is 1.36. The van der Waals surface area contributed by atoms with Crippen LogP contribution in [0.3, 0.4) is 0 Å². The summed E-state index contributed by atoms with van der Waals surface area (Å²) in [7, 11) is 0. The van der Waals surface area contributed by atoms with E-state index < -0.39 is 0 Å². The number of carbonyl (C=O) groups is 1. The number of hydrogen-bond donors (Lipinski definition) is 2. The first-order chi connectivity index (χ1) is 15.5. The first-order valence-electron chi connectivity index (χ1n) is 11.1. The van der Waals surface area contributed by atoms with E-state index in [1.807, 2.05) is 48.5 Å². The number of anilines is 2. The predicted molar refractivity (Wildman–Crippen MR) is 129 cm³/mol. The minimum absolute atomic E-state index is 0.0733. The van der Waals surface area contributed by atoms with Gasteiger partial charge in [-0.05, 0) is 35.6 Å². The van der Waals surface area contributed by atoms with E-state index in [0.29, 0.717) is 13.0 Å². The zero-order chi connectivity index (χ0) is 22.1. The molecule has 0 saturated heterocycles. The molecule has 0 radical (unpaired) electrons. The molecular formula is C28H28N2O2. The number of fused-ring (bicyclic) bond motifs is 1. The number of allylic oxidation sites excluding steroid dienone is 1. The molecule has 3 aromatic rings. The number of carbonyl (C=O) groups excluding carboxylic acids is 1. The summed E-state index contributed by atoms with van der Waals surface area (Å²) in [6, 6.07) is 26.0. The average molecular weight is 425 g/mol. The van der Waals surface area contributed by atoms with Gasteiger partial charge in [0, 0.05) is 23.3 Å². The van der Waals surface area contributed by atoms with Crippen molar-refractivity contribution < 1.29 is 9.53 Å². The highest BCUT2D eigenvalue weighted by molar-refractivity contribution is 6.01. The van der Waals surface area contributed by atoms with E-state index in [4.69, 9.17) is 4.74 Å². The molecule has 4 nitrogen and oxygen atoms in total. The first-order valence-corrected chi connectivity index (χ1v) is 11.1. The maximum atomic E-state index is 13.4. The second-order valence-electron chi connectivity index (χ2n) is 9.39. The van der Waals surface area contributed by atoms with Crippen LogP contribution in [0.4, 0.5) is 11.4 Å². The van der Waals surface area contributed by atoms with Gasteiger partial charge in [-0.25, -0.2) is 0 Å². The Morgan fingerprint density at radius 2 is 1.56 bits per heavy atom. The predicted octanol–water partition coefficient (Wildman–Crippen LogP) is 6.49. The fourth-order valence-corrected chi connectivity index (χ4v) is 4.71. The Kier molecular flexibility index (Phi) is 5.22. The largest absolute Gasteiger partial charge is 0.489 e. The summed E-state index contributed by atoms with van der Waals surface area (Å²) in [4.78, 5) is 13.4. The minimum atomic E-state index is -0.281. The Morgan fingerprint density at radius 3 is 2.38 bits per heavy atom. The van der Waals surface area contributed by atoms with E-state index in [1.54, 1.807) is 0 Å². The Labute approximate surface area is 189 Å². The van der Waals surface area contributed by atoms with Crippen LogP contribution in [0.1, 0.15) is 43.9 Å². The third-order valence-corrected chi connectivity index (χ3v) is 6.19. The van der Waals surface area contributed by atoms with Crippen LogP contribution in [-0.2, 0) is 11.4 Å². The van der Waals surface area contributed by atoms with Crippen LogP contribution in [0.15, 0.2) is 90.1 Å². The van der Waals surface area contributed by atoms with Crippen LogP contribution in [0.2, 0.25) is 0 Å². The SMILES string of the molecule is CC1(C)CC(=O)C2=C(C1)Nc1ccccc1NC2c1ccccc1OCc1ccccc1. The van der Waals surface area contributed by atoms with Gasteiger partial charge in [-0.2, -0.15) is 0 Å². The van der Waals surface area contributed by atoms with Crippen LogP contribution < -0.4 is 15.4 Å². The molecule has 1 heterocycles. The quantitative estimate of drug-likeness (QED) is 0.503. The molecule has 0 spiro atoms. The second kappa shape index (κ2) is 8.19. The highest BCUT2D eigenvalue weighted by atomic mass is 16.5. The molecule has 1 atom stereocenters. The monoisotopic (exact) mass is 424 g/mol. The van der Waals surface area contributed by atoms with Crippen molar-refractivity contribution in [2.45, 2.75) is 39.3 Å². The lowest BCUT2D eigenvalue weighted by atomic mass is 9.73. The van der Waals surface area contributed by atoms with E-state index in [0.717, 1.165) is 45.9 Å². The molecule has 1 unspecified atom stereocenters. The van der Waals surface area contributed by atoms with Crippen molar-refractivity contribution in [3.05, 3.63) is 101 Å². The van der Waals surface area contributed by atoms with Crippen molar-refractivity contribution in [2.75, 3.05) is 10.6 Å². The maximum Gasteiger partial charge on any atom is 0.163 e. The number of nitrogens with one attached hydrogen (secondary N) is 2. The Balaban J connectivity index is 1.58. The summed E-state index contributed by atoms with van der Waals surface area (Å²) in [5, 5.41) is 7.23. The highest BCUT2D eigenvalue weighted by Crippen LogP contribution is 2.46. The molecule has 4 heteroatoms. The second-order valence-corrected chi connectivity index (χ2v) is 9.39. The van der Waals surface area contributed by atoms with Gasteiger partial charge >= 0.3 is 0 Å². The third-order valence-electron chi connectivity index (χ3n) is 6.19. The van der Waals surface area contributed by atoms with E-state index in [2.05, 4.69) is 54.8 Å². The third kappa shape index (κ3) is 4.01. The standard InChI is InChI=1S/C28H28N2O2/c1-28(2)16-23-26(24(31)17-28)27(30-22-14-8-7-13-21(22)29-23)20-12-6-9-15-25(20)32-18-19-10-4-3-5-11-19/h3-15,27,29-30H,16-18H2,1-2H3. The van der Waals surface area contributed by atoms with E-state index in [-0.39, 0.29) is 17.2 Å². The number of Topliss-reactive ketones (excluding diaryl/α,β-unsaturated/α-hetero) is 1. The highest BCUT2D eigenvalue weighted by Gasteiger charge is 2.39. The van der Waals surface area contributed by atoms with Crippen molar-refractivity contribution in [1.82, 2.24) is 0 Å². The fraction of sp³-hybridized carbons (Fsp3) is 0.250. The van der Waals surface area contributed by atoms with Gasteiger partial charge in [0.05, 0.1) is 17.4 Å². The molecule has 5 rings (SSSR count). The number of hydrogen-bond acceptors (Lipinski definition) is 4. The van der Waals surface area contributed by atoms with E-state index in [9.17, 15) is 4.79 Å². The number of para-hydroxylation sites is 3. The molecule has 0 fully saturated rings. The van der Waals surface area contributed by atoms with Crippen molar-refractivity contribution in [2.24, 2.45) is 5.41 Å². The molecule has 162 valence electrons. The van der Waals surface area contributed by atoms with Crippen LogP contribution in [0.5, 0.6) is 5.75 Å². The Morgan fingerprint density at radius 1 is 0.875 bits per heavy atom. The molecule has 2 aliphatic rings. The smallest absolute Gasteiger partial charge is 0.163 e. The van der Waals surface area contributed by atoms with Gasteiger partial charge in [0.1, 0.15) is 12.4 Å². The van der Waals surface area contributed by atoms with Crippen molar-refractivity contribution in [3.63, 3.8) is 0 Å². The molecule has 3 aromatic carbocycles. The maximum absolute atomic E-state index is 13.4. The number of ether oxygens (including phenoxy) is 1. The fourth-order valence-electron chi connectivity index (χ4n) is 4.71. The normalized spacial score (nSPS) is 19.2. The summed E-state index contributed by atoms with van der Waals surface area (Å²) >= 11 is 0.